The van der Waals surface area contributed by atoms with Crippen LogP contribution in [0.25, 0.3) is 11.1 Å². The lowest BCUT2D eigenvalue weighted by Gasteiger charge is -2.38. The van der Waals surface area contributed by atoms with Crippen molar-refractivity contribution in [2.45, 2.75) is 63.9 Å². The lowest BCUT2D eigenvalue weighted by Crippen LogP contribution is -2.56. The molecule has 3 aliphatic heterocycles. The molecule has 6 aromatic rings. The standard InChI is InChI=1S/C23H24N4O4.C15H23BO4.C14H13IN4O2/c1-29-10-11-30-20-6-2-4-17(12-20)18-7-8-22(24-14-18)31-21-15-27(16-21)23(28)13-19-5-3-9-25-26-19;1-14(2)15(3,4)20-16(19-14)12-7-6-8-13(11-12)18-10-9-17-5;15-10-3-4-13(16-7-10)21-12-8-19(9-12)14(20)6-11-2-1-5-17-18-11/h2-9,12,14,21H,10-11,13,15-16H2,1H3;6-8,11H,9-10H2,1-5H3;1-5,7,12H,6,8-9H2. The van der Waals surface area contributed by atoms with Crippen molar-refractivity contribution in [3.8, 4) is 34.4 Å². The van der Waals surface area contributed by atoms with Crippen LogP contribution in [0.1, 0.15) is 39.1 Å². The number of rotatable bonds is 18. The molecule has 4 aromatic heterocycles. The van der Waals surface area contributed by atoms with Crippen LogP contribution in [-0.2, 0) is 41.2 Å². The van der Waals surface area contributed by atoms with Crippen molar-refractivity contribution in [3.63, 3.8) is 0 Å². The number of likely N-dealkylation sites (tertiary alicyclic amines) is 2. The molecule has 378 valence electrons. The van der Waals surface area contributed by atoms with Gasteiger partial charge >= 0.3 is 7.12 Å². The van der Waals surface area contributed by atoms with Crippen molar-refractivity contribution in [1.82, 2.24) is 40.2 Å². The van der Waals surface area contributed by atoms with Gasteiger partial charge in [0.25, 0.3) is 0 Å². The van der Waals surface area contributed by atoms with E-state index >= 15 is 0 Å². The molecule has 0 aliphatic carbocycles. The molecule has 72 heavy (non-hydrogen) atoms. The number of hydrogen-bond donors (Lipinski definition) is 0. The maximum atomic E-state index is 12.3. The minimum atomic E-state index is -0.356. The third-order valence-electron chi connectivity index (χ3n) is 12.0. The Hall–Kier alpha value is -6.33. The van der Waals surface area contributed by atoms with Gasteiger partial charge in [-0.2, -0.15) is 20.4 Å². The van der Waals surface area contributed by atoms with Gasteiger partial charge in [-0.25, -0.2) is 9.97 Å². The van der Waals surface area contributed by atoms with E-state index in [1.807, 2.05) is 100 Å². The highest BCUT2D eigenvalue weighted by atomic mass is 127. The van der Waals surface area contributed by atoms with E-state index in [9.17, 15) is 9.59 Å². The summed E-state index contributed by atoms with van der Waals surface area (Å²) in [4.78, 5) is 36.4. The molecule has 3 saturated heterocycles. The largest absolute Gasteiger partial charge is 0.494 e. The molecule has 2 aromatic carbocycles. The summed E-state index contributed by atoms with van der Waals surface area (Å²) in [5.74, 6) is 2.80. The molecule has 0 unspecified atom stereocenters. The van der Waals surface area contributed by atoms with Gasteiger partial charge in [0.15, 0.2) is 0 Å². The number of aromatic nitrogens is 6. The monoisotopic (exact) mass is 1090 g/mol. The van der Waals surface area contributed by atoms with Gasteiger partial charge < -0.3 is 47.5 Å². The number of ether oxygens (including phenoxy) is 6. The van der Waals surface area contributed by atoms with Gasteiger partial charge in [-0.05, 0) is 122 Å². The number of nitrogens with zero attached hydrogens (tertiary/aromatic N) is 8. The molecule has 9 rings (SSSR count). The summed E-state index contributed by atoms with van der Waals surface area (Å²) in [6.45, 7) is 12.6. The number of methoxy groups -OCH3 is 2. The molecule has 0 radical (unpaired) electrons. The fraction of sp³-hybridized carbons (Fsp3) is 0.385. The lowest BCUT2D eigenvalue weighted by atomic mass is 9.79. The van der Waals surface area contributed by atoms with Gasteiger partial charge in [0.2, 0.25) is 23.6 Å². The van der Waals surface area contributed by atoms with Crippen molar-refractivity contribution in [2.75, 3.05) is 66.8 Å². The predicted molar refractivity (Wildman–Crippen MR) is 277 cm³/mol. The maximum absolute atomic E-state index is 12.3. The molecule has 20 heteroatoms. The van der Waals surface area contributed by atoms with Gasteiger partial charge in [-0.3, -0.25) is 9.59 Å². The first kappa shape index (κ1) is 53.5. The van der Waals surface area contributed by atoms with Crippen LogP contribution in [0.4, 0.5) is 0 Å². The summed E-state index contributed by atoms with van der Waals surface area (Å²) < 4.78 is 46.0. The van der Waals surface area contributed by atoms with Crippen LogP contribution < -0.4 is 24.4 Å². The smallest absolute Gasteiger partial charge is 0.491 e. The Morgan fingerprint density at radius 2 is 1.14 bits per heavy atom. The second-order valence-corrected chi connectivity index (χ2v) is 19.2. The number of hydrogen-bond acceptors (Lipinski definition) is 16. The first-order valence-corrected chi connectivity index (χ1v) is 24.6. The Morgan fingerprint density at radius 1 is 0.625 bits per heavy atom. The van der Waals surface area contributed by atoms with Gasteiger partial charge in [0, 0.05) is 60.3 Å². The minimum absolute atomic E-state index is 0.0170. The number of carbonyl (C=O) groups is 2. The third-order valence-corrected chi connectivity index (χ3v) is 12.6. The highest BCUT2D eigenvalue weighted by Crippen LogP contribution is 2.36. The zero-order valence-electron chi connectivity index (χ0n) is 41.4. The fourth-order valence-electron chi connectivity index (χ4n) is 7.20. The summed E-state index contributed by atoms with van der Waals surface area (Å²) >= 11 is 2.19. The molecule has 3 aliphatic rings. The Bertz CT molecular complexity index is 2610. The molecule has 18 nitrogen and oxygen atoms in total. The van der Waals surface area contributed by atoms with Crippen LogP contribution >= 0.6 is 22.6 Å². The van der Waals surface area contributed by atoms with E-state index in [1.54, 1.807) is 73.1 Å². The van der Waals surface area contributed by atoms with Crippen molar-refractivity contribution >= 4 is 47.0 Å². The zero-order chi connectivity index (χ0) is 50.9. The normalized spacial score (nSPS) is 15.7. The first-order chi connectivity index (χ1) is 34.8. The second-order valence-electron chi connectivity index (χ2n) is 17.9. The summed E-state index contributed by atoms with van der Waals surface area (Å²) in [6, 6.07) is 30.4. The highest BCUT2D eigenvalue weighted by molar-refractivity contribution is 14.1. The van der Waals surface area contributed by atoms with E-state index in [-0.39, 0.29) is 55.2 Å². The van der Waals surface area contributed by atoms with E-state index in [0.717, 1.165) is 31.7 Å². The fourth-order valence-corrected chi connectivity index (χ4v) is 7.52. The third kappa shape index (κ3) is 15.6. The molecule has 3 fully saturated rings. The predicted octanol–water partition coefficient (Wildman–Crippen LogP) is 5.72. The highest BCUT2D eigenvalue weighted by Gasteiger charge is 2.51. The summed E-state index contributed by atoms with van der Waals surface area (Å²) in [5.41, 5.74) is 3.65. The van der Waals surface area contributed by atoms with Crippen LogP contribution in [0.3, 0.4) is 0 Å². The maximum Gasteiger partial charge on any atom is 0.494 e. The molecular weight excluding hydrogens is 1030 g/mol. The lowest BCUT2D eigenvalue weighted by molar-refractivity contribution is -0.140. The van der Waals surface area contributed by atoms with Crippen molar-refractivity contribution in [1.29, 1.82) is 0 Å². The molecule has 0 saturated carbocycles. The SMILES string of the molecule is COCCOc1cccc(-c2ccc(OC3CN(C(=O)Cc4cccnn4)C3)nc2)c1.COCCOc1cccc(B2OC(C)(C)C(C)(C)O2)c1.O=C(Cc1cccnn1)N1CC(Oc2ccc(I)cn2)C1. The van der Waals surface area contributed by atoms with E-state index in [2.05, 4.69) is 53.0 Å². The van der Waals surface area contributed by atoms with E-state index in [4.69, 9.17) is 37.7 Å². The van der Waals surface area contributed by atoms with Crippen LogP contribution in [0.5, 0.6) is 23.3 Å². The van der Waals surface area contributed by atoms with Gasteiger partial charge in [0.1, 0.15) is 36.9 Å². The number of carbonyl (C=O) groups excluding carboxylic acids is 2. The molecule has 0 bridgehead atoms. The minimum Gasteiger partial charge on any atom is -0.491 e. The van der Waals surface area contributed by atoms with Gasteiger partial charge in [-0.1, -0.05) is 24.3 Å². The second kappa shape index (κ2) is 25.9. The number of benzene rings is 2. The molecule has 0 atom stereocenters. The van der Waals surface area contributed by atoms with E-state index < -0.39 is 0 Å². The Balaban J connectivity index is 0.000000164. The number of amides is 2. The van der Waals surface area contributed by atoms with Crippen molar-refractivity contribution in [2.24, 2.45) is 0 Å². The molecule has 0 spiro atoms. The van der Waals surface area contributed by atoms with Crippen LogP contribution in [0.15, 0.2) is 122 Å². The number of pyridine rings is 2. The first-order valence-electron chi connectivity index (χ1n) is 23.6. The average Bonchev–Trinajstić information content (AvgIpc) is 3.58. The van der Waals surface area contributed by atoms with Crippen LogP contribution in [-0.4, -0.2) is 149 Å². The van der Waals surface area contributed by atoms with Gasteiger partial charge in [-0.15, -0.1) is 0 Å². The average molecular weight is 1090 g/mol. The van der Waals surface area contributed by atoms with Crippen LogP contribution in [0, 0.1) is 3.57 Å². The van der Waals surface area contributed by atoms with E-state index in [0.29, 0.717) is 75.8 Å². The number of halogens is 1. The Morgan fingerprint density at radius 3 is 1.61 bits per heavy atom. The van der Waals surface area contributed by atoms with Crippen molar-refractivity contribution in [3.05, 3.63) is 137 Å². The molecule has 2 amide bonds. The Labute approximate surface area is 434 Å². The molecule has 7 heterocycles. The van der Waals surface area contributed by atoms with Crippen LogP contribution in [0.2, 0.25) is 0 Å². The van der Waals surface area contributed by atoms with E-state index in [1.165, 1.54) is 0 Å². The summed E-state index contributed by atoms with van der Waals surface area (Å²) in [6.07, 6.45) is 7.21. The Kier molecular flexibility index (Phi) is 19.2. The summed E-state index contributed by atoms with van der Waals surface area (Å²) in [7, 11) is 2.95. The molecular formula is C52H60BIN8O10. The quantitative estimate of drug-likeness (QED) is 0.0577. The topological polar surface area (TPSA) is 192 Å². The summed E-state index contributed by atoms with van der Waals surface area (Å²) in [5, 5.41) is 15.4. The van der Waals surface area contributed by atoms with Gasteiger partial charge in [0.05, 0.1) is 74.8 Å². The van der Waals surface area contributed by atoms with Crippen molar-refractivity contribution < 1.29 is 47.3 Å². The zero-order valence-corrected chi connectivity index (χ0v) is 43.5. The molecule has 0 N–H and O–H groups in total.